The number of hydrogen-bond donors (Lipinski definition) is 3. The van der Waals surface area contributed by atoms with Gasteiger partial charge in [0.2, 0.25) is 0 Å². The highest BCUT2D eigenvalue weighted by atomic mass is 19.3. The number of unbranched alkanes of at least 4 members (excludes halogenated alkanes) is 1. The molecule has 7 atom stereocenters. The summed E-state index contributed by atoms with van der Waals surface area (Å²) in [6.45, 7) is 12.8. The molecule has 12 nitrogen and oxygen atoms in total. The molecule has 0 amide bonds. The Bertz CT molecular complexity index is 4370. The molecule has 6 aromatic carbocycles. The Kier molecular flexibility index (Phi) is 24.1. The quantitative estimate of drug-likeness (QED) is 0.0512. The van der Waals surface area contributed by atoms with Crippen molar-refractivity contribution in [2.75, 3.05) is 98.5 Å². The van der Waals surface area contributed by atoms with E-state index >= 15 is 26.3 Å². The minimum Gasteiger partial charge on any atom is -0.492 e. The molecule has 0 aliphatic carbocycles. The second kappa shape index (κ2) is 33.3. The van der Waals surface area contributed by atoms with Crippen molar-refractivity contribution in [3.8, 4) is 17.2 Å². The Hall–Kier alpha value is -8.02. The molecule has 15 rings (SSSR count). The molecule has 0 radical (unpaired) electrons. The molecule has 9 heterocycles. The standard InChI is InChI=1S/2C27H30F5N3O.C26H27F6N3O/c1-15(29)12-35-16(2)8-21-20-9-17(30)4-5-24(20)33-26(21)27(35)25-22(31)10-18(11-23(25)32)36-19-13-34(14-19)7-3-6-28;1-3-4-7-34-12-18(13-34)36-17-10-21(29)25(22(30)11-17)27-26-20(8-15(2)35(27)14-24(31)32)19-9-16(28)5-6-23(19)33-26;1-14-6-19-18-7-16(28)2-3-22(18)33-25(19)26(35(14)13-23(31)32)24-20(29)8-17(9-21(24)30)36-5-4-34-11-15(10-27)12-34/h4-5,9-11,15-16,19,27,33H,3,6-8,12-14H2,1-2H3;5-6,9-11,15,18,24,27,33H,3-4,7-8,12-14H2,1-2H3;2-3,7-9,14-15,23,26,33H,4-6,10-13H2,1H3/t15?,16-,27-;15-,27-;14-,26-/m100/s1. The number of nitrogens with one attached hydrogen (secondary N) is 3. The summed E-state index contributed by atoms with van der Waals surface area (Å²) in [5.74, 6) is -6.24. The number of hydrogen-bond acceptors (Lipinski definition) is 9. The molecule has 9 aromatic rings. The van der Waals surface area contributed by atoms with Crippen LogP contribution in [0.1, 0.15) is 122 Å². The zero-order valence-electron chi connectivity index (χ0n) is 60.4. The van der Waals surface area contributed by atoms with Gasteiger partial charge in [-0.1, -0.05) is 13.3 Å². The first-order valence-electron chi connectivity index (χ1n) is 36.8. The van der Waals surface area contributed by atoms with Gasteiger partial charge in [-0.2, -0.15) is 0 Å². The Balaban J connectivity index is 0.000000143. The molecule has 3 N–H and O–H groups in total. The van der Waals surface area contributed by atoms with E-state index in [-0.39, 0.29) is 84.6 Å². The number of aromatic nitrogens is 3. The lowest BCUT2D eigenvalue weighted by molar-refractivity contribution is 0.0180. The zero-order valence-corrected chi connectivity index (χ0v) is 60.4. The average Bonchev–Trinajstić information content (AvgIpc) is 1.54. The third kappa shape index (κ3) is 16.7. The van der Waals surface area contributed by atoms with Crippen LogP contribution in [0.5, 0.6) is 17.2 Å². The fourth-order valence-corrected chi connectivity index (χ4v) is 16.5. The Morgan fingerprint density at radius 3 is 1.11 bits per heavy atom. The van der Waals surface area contributed by atoms with E-state index in [4.69, 9.17) is 14.2 Å². The van der Waals surface area contributed by atoms with Gasteiger partial charge < -0.3 is 29.2 Å². The van der Waals surface area contributed by atoms with Crippen molar-refractivity contribution in [2.24, 2.45) is 5.92 Å². The van der Waals surface area contributed by atoms with Crippen LogP contribution < -0.4 is 14.2 Å². The molecule has 582 valence electrons. The van der Waals surface area contributed by atoms with Crippen molar-refractivity contribution in [3.63, 3.8) is 0 Å². The highest BCUT2D eigenvalue weighted by molar-refractivity contribution is 5.87. The Labute approximate surface area is 615 Å². The lowest BCUT2D eigenvalue weighted by Gasteiger charge is -2.41. The average molecular weight is 1530 g/mol. The Morgan fingerprint density at radius 2 is 0.778 bits per heavy atom. The second-order valence-electron chi connectivity index (χ2n) is 29.6. The first-order valence-corrected chi connectivity index (χ1v) is 36.8. The number of ether oxygens (including phenoxy) is 3. The molecule has 1 unspecified atom stereocenters. The molecule has 0 saturated carbocycles. The summed E-state index contributed by atoms with van der Waals surface area (Å²) >= 11 is 0. The van der Waals surface area contributed by atoms with E-state index in [0.29, 0.717) is 139 Å². The summed E-state index contributed by atoms with van der Waals surface area (Å²) in [5, 5.41) is 1.83. The summed E-state index contributed by atoms with van der Waals surface area (Å²) in [4.78, 5) is 20.2. The van der Waals surface area contributed by atoms with Crippen LogP contribution in [0.3, 0.4) is 0 Å². The SMILES string of the molecule is CC(F)CN1[C@H](c2c(F)cc(OC3CN(CCCF)C3)cc2F)c2[nH]c3ccc(F)cc3c2C[C@H]1C.CCCCN1CC(Oc2cc(F)c([C@H]3c4[nH]c5ccc(F)cc5c4C[C@H](C)N3CC(F)F)c(F)c2)C1.C[C@H]1Cc2c([nH]c3ccc(F)cc23)[C@H](c2c(F)cc(OCCN3CC(CF)C3)cc2F)N1CC(F)F. The second-order valence-corrected chi connectivity index (χ2v) is 29.6. The van der Waals surface area contributed by atoms with Gasteiger partial charge in [-0.3, -0.25) is 38.2 Å². The molecule has 28 heteroatoms. The first kappa shape index (κ1) is 78.1. The van der Waals surface area contributed by atoms with Crippen LogP contribution in [-0.4, -0.2) is 192 Å². The van der Waals surface area contributed by atoms with Gasteiger partial charge >= 0.3 is 0 Å². The van der Waals surface area contributed by atoms with Crippen LogP contribution >= 0.6 is 0 Å². The van der Waals surface area contributed by atoms with Crippen molar-refractivity contribution < 1.29 is 84.5 Å². The third-order valence-electron chi connectivity index (χ3n) is 21.7. The first-order chi connectivity index (χ1) is 51.7. The minimum atomic E-state index is -2.72. The number of nitrogens with zero attached hydrogens (tertiary/aromatic N) is 6. The smallest absolute Gasteiger partial charge is 0.251 e. The van der Waals surface area contributed by atoms with E-state index in [0.717, 1.165) is 49.2 Å². The molecular weight excluding hydrogens is 1440 g/mol. The van der Waals surface area contributed by atoms with Crippen LogP contribution in [0.4, 0.5) is 70.2 Å². The maximum atomic E-state index is 15.6. The Morgan fingerprint density at radius 1 is 0.435 bits per heavy atom. The topological polar surface area (TPSA) is 94.5 Å². The summed E-state index contributed by atoms with van der Waals surface area (Å²) in [5.41, 5.74) is 4.41. The predicted molar refractivity (Wildman–Crippen MR) is 380 cm³/mol. The van der Waals surface area contributed by atoms with Crippen LogP contribution in [0.25, 0.3) is 32.7 Å². The van der Waals surface area contributed by atoms with E-state index in [9.17, 15) is 43.9 Å². The number of rotatable bonds is 24. The lowest BCUT2D eigenvalue weighted by atomic mass is 9.88. The van der Waals surface area contributed by atoms with Crippen LogP contribution in [0.2, 0.25) is 0 Å². The van der Waals surface area contributed by atoms with Gasteiger partial charge in [0.15, 0.2) is 0 Å². The number of fused-ring (bicyclic) bond motifs is 9. The summed E-state index contributed by atoms with van der Waals surface area (Å²) in [7, 11) is 0. The van der Waals surface area contributed by atoms with Gasteiger partial charge in [0.25, 0.3) is 12.9 Å². The number of likely N-dealkylation sites (tertiary alicyclic amines) is 3. The molecule has 0 bridgehead atoms. The predicted octanol–water partition coefficient (Wildman–Crippen LogP) is 17.2. The fraction of sp³-hybridized carbons (Fsp3) is 0.475. The largest absolute Gasteiger partial charge is 0.492 e. The fourth-order valence-electron chi connectivity index (χ4n) is 16.5. The van der Waals surface area contributed by atoms with Gasteiger partial charge in [-0.25, -0.2) is 61.5 Å². The van der Waals surface area contributed by atoms with E-state index in [2.05, 4.69) is 26.8 Å². The summed E-state index contributed by atoms with van der Waals surface area (Å²) in [6.07, 6.45) is -3.20. The van der Waals surface area contributed by atoms with E-state index in [1.807, 2.05) is 16.7 Å². The van der Waals surface area contributed by atoms with Gasteiger partial charge in [0, 0.05) is 186 Å². The maximum absolute atomic E-state index is 15.6. The van der Waals surface area contributed by atoms with E-state index in [1.54, 1.807) is 30.9 Å². The van der Waals surface area contributed by atoms with Gasteiger partial charge in [0.1, 0.15) is 94.6 Å². The lowest BCUT2D eigenvalue weighted by Crippen LogP contribution is -2.53. The molecule has 3 fully saturated rings. The maximum Gasteiger partial charge on any atom is 0.251 e. The van der Waals surface area contributed by atoms with Gasteiger partial charge in [0.05, 0.1) is 44.6 Å². The van der Waals surface area contributed by atoms with Crippen molar-refractivity contribution in [2.45, 2.75) is 141 Å². The van der Waals surface area contributed by atoms with Crippen LogP contribution in [0, 0.1) is 58.3 Å². The highest BCUT2D eigenvalue weighted by Gasteiger charge is 2.44. The summed E-state index contributed by atoms with van der Waals surface area (Å²) < 4.78 is 246. The van der Waals surface area contributed by atoms with Crippen molar-refractivity contribution in [1.82, 2.24) is 44.4 Å². The monoisotopic (exact) mass is 1530 g/mol. The van der Waals surface area contributed by atoms with Gasteiger partial charge in [-0.05, 0) is 138 Å². The number of benzene rings is 6. The van der Waals surface area contributed by atoms with Crippen molar-refractivity contribution in [1.29, 1.82) is 0 Å². The highest BCUT2D eigenvalue weighted by Crippen LogP contribution is 2.48. The number of aromatic amines is 3. The van der Waals surface area contributed by atoms with E-state index in [1.165, 1.54) is 71.3 Å². The molecule has 108 heavy (non-hydrogen) atoms. The number of H-pyrrole nitrogens is 3. The normalized spacial score (nSPS) is 21.5. The van der Waals surface area contributed by atoms with Crippen LogP contribution in [-0.2, 0) is 19.3 Å². The number of halogens is 16. The van der Waals surface area contributed by atoms with Gasteiger partial charge in [-0.15, -0.1) is 0 Å². The van der Waals surface area contributed by atoms with E-state index < -0.39 is 115 Å². The minimum absolute atomic E-state index is 0.0110. The number of alkyl halides is 7. The molecule has 3 saturated heterocycles. The zero-order chi connectivity index (χ0) is 76.7. The van der Waals surface area contributed by atoms with Crippen molar-refractivity contribution >= 4 is 32.7 Å². The molecule has 6 aliphatic rings. The third-order valence-corrected chi connectivity index (χ3v) is 21.7. The molecular formula is C80H87F16N9O3. The van der Waals surface area contributed by atoms with Crippen LogP contribution in [0.15, 0.2) is 91.0 Å². The molecule has 0 spiro atoms. The summed E-state index contributed by atoms with van der Waals surface area (Å²) in [6, 6.07) is 15.1. The van der Waals surface area contributed by atoms with Crippen molar-refractivity contribution in [3.05, 3.63) is 194 Å². The molecule has 6 aliphatic heterocycles. The molecule has 3 aromatic heterocycles.